The zero-order chi connectivity index (χ0) is 37.1. The first kappa shape index (κ1) is 38.8. The number of nitrogens with zero attached hydrogens (tertiary/aromatic N) is 3. The molecule has 4 aliphatic rings. The van der Waals surface area contributed by atoms with Gasteiger partial charge in [-0.15, -0.1) is 0 Å². The molecule has 284 valence electrons. The Hall–Kier alpha value is -3.38. The molecule has 1 aromatic rings. The van der Waals surface area contributed by atoms with Gasteiger partial charge in [0.25, 0.3) is 5.91 Å². The molecule has 0 spiro atoms. The number of amides is 4. The summed E-state index contributed by atoms with van der Waals surface area (Å²) in [5.74, 6) is -0.779. The predicted molar refractivity (Wildman–Crippen MR) is 195 cm³/mol. The summed E-state index contributed by atoms with van der Waals surface area (Å²) in [7, 11) is 1.63. The number of benzene rings is 1. The highest BCUT2D eigenvalue weighted by atomic mass is 16.6. The average Bonchev–Trinajstić information content (AvgIpc) is 3.94. The molecule has 5 rings (SSSR count). The van der Waals surface area contributed by atoms with E-state index in [0.717, 1.165) is 38.5 Å². The van der Waals surface area contributed by atoms with E-state index in [2.05, 4.69) is 19.2 Å². The van der Waals surface area contributed by atoms with Crippen LogP contribution < -0.4 is 19.9 Å². The third-order valence-corrected chi connectivity index (χ3v) is 11.0. The van der Waals surface area contributed by atoms with Crippen LogP contribution in [0.5, 0.6) is 5.75 Å². The lowest BCUT2D eigenvalue weighted by atomic mass is 9.74. The second-order valence-electron chi connectivity index (χ2n) is 16.3. The summed E-state index contributed by atoms with van der Waals surface area (Å²) in [6.45, 7) is 15.8. The number of piperidine rings is 1. The van der Waals surface area contributed by atoms with Gasteiger partial charge in [0.1, 0.15) is 11.4 Å². The number of likely N-dealkylation sites (tertiary alicyclic amines) is 1. The van der Waals surface area contributed by atoms with Gasteiger partial charge < -0.3 is 39.0 Å². The number of anilines is 2. The van der Waals surface area contributed by atoms with E-state index in [-0.39, 0.29) is 48.3 Å². The molecule has 3 heterocycles. The molecule has 4 amide bonds. The van der Waals surface area contributed by atoms with E-state index in [1.807, 2.05) is 43.9 Å². The highest BCUT2D eigenvalue weighted by Gasteiger charge is 2.47. The van der Waals surface area contributed by atoms with E-state index < -0.39 is 29.1 Å². The summed E-state index contributed by atoms with van der Waals surface area (Å²) in [6, 6.07) is 5.56. The second-order valence-corrected chi connectivity index (χ2v) is 16.3. The number of methoxy groups -OCH3 is 1. The third kappa shape index (κ3) is 8.81. The Morgan fingerprint density at radius 1 is 1.02 bits per heavy atom. The van der Waals surface area contributed by atoms with E-state index in [1.165, 1.54) is 0 Å². The quantitative estimate of drug-likeness (QED) is 0.274. The van der Waals surface area contributed by atoms with Crippen LogP contribution in [0.1, 0.15) is 99.8 Å². The number of fused-ring (bicyclic) bond motifs is 1. The minimum atomic E-state index is -1.03. The van der Waals surface area contributed by atoms with E-state index in [1.54, 1.807) is 30.8 Å². The fraction of sp³-hybridized carbons (Fsp3) is 0.744. The lowest BCUT2D eigenvalue weighted by Crippen LogP contribution is -2.59. The fourth-order valence-electron chi connectivity index (χ4n) is 7.99. The SMILES string of the molecule is CCC(CC)(NC(=O)[C@H]1C[C@@H](C(=O)N(c2ccc3c(c2)N(CCCOC)C(=O)C(C)(C)O3)C2CC2)CN(C(=O)OC(C)(C)C)C1)C1CCOCC1. The molecule has 1 aromatic carbocycles. The first-order chi connectivity index (χ1) is 24.1. The predicted octanol–water partition coefficient (Wildman–Crippen LogP) is 5.70. The van der Waals surface area contributed by atoms with Gasteiger partial charge in [-0.3, -0.25) is 14.4 Å². The number of carbonyl (C=O) groups is 4. The van der Waals surface area contributed by atoms with Crippen molar-refractivity contribution in [3.05, 3.63) is 18.2 Å². The number of rotatable bonds is 12. The van der Waals surface area contributed by atoms with E-state index in [9.17, 15) is 19.2 Å². The fourth-order valence-corrected chi connectivity index (χ4v) is 7.99. The second kappa shape index (κ2) is 15.7. The van der Waals surface area contributed by atoms with Crippen molar-refractivity contribution in [2.45, 2.75) is 123 Å². The molecule has 2 atom stereocenters. The van der Waals surface area contributed by atoms with Crippen molar-refractivity contribution >= 4 is 35.2 Å². The molecule has 12 nitrogen and oxygen atoms in total. The minimum Gasteiger partial charge on any atom is -0.476 e. The summed E-state index contributed by atoms with van der Waals surface area (Å²) in [6.07, 6.45) is 5.44. The van der Waals surface area contributed by atoms with Gasteiger partial charge in [0.2, 0.25) is 11.8 Å². The normalized spacial score (nSPS) is 22.5. The van der Waals surface area contributed by atoms with Gasteiger partial charge in [0.15, 0.2) is 5.60 Å². The van der Waals surface area contributed by atoms with E-state index in [4.69, 9.17) is 18.9 Å². The zero-order valence-electron chi connectivity index (χ0n) is 32.0. The topological polar surface area (TPSA) is 127 Å². The van der Waals surface area contributed by atoms with Crippen LogP contribution in [0.2, 0.25) is 0 Å². The van der Waals surface area contributed by atoms with Crippen LogP contribution >= 0.6 is 0 Å². The van der Waals surface area contributed by atoms with Crippen LogP contribution in [0, 0.1) is 17.8 Å². The maximum atomic E-state index is 14.7. The molecule has 51 heavy (non-hydrogen) atoms. The number of ether oxygens (including phenoxy) is 4. The smallest absolute Gasteiger partial charge is 0.410 e. The van der Waals surface area contributed by atoms with Gasteiger partial charge in [-0.2, -0.15) is 0 Å². The molecule has 0 unspecified atom stereocenters. The lowest BCUT2D eigenvalue weighted by Gasteiger charge is -2.44. The van der Waals surface area contributed by atoms with Crippen LogP contribution in [-0.2, 0) is 28.6 Å². The van der Waals surface area contributed by atoms with Gasteiger partial charge in [-0.1, -0.05) is 13.8 Å². The Morgan fingerprint density at radius 3 is 2.29 bits per heavy atom. The first-order valence-electron chi connectivity index (χ1n) is 19.0. The summed E-state index contributed by atoms with van der Waals surface area (Å²) >= 11 is 0. The Balaban J connectivity index is 1.44. The Kier molecular flexibility index (Phi) is 12.0. The molecule has 0 radical (unpaired) electrons. The van der Waals surface area contributed by atoms with Crippen LogP contribution in [0.25, 0.3) is 0 Å². The molecule has 1 saturated carbocycles. The summed E-state index contributed by atoms with van der Waals surface area (Å²) in [5, 5.41) is 3.44. The molecule has 1 N–H and O–H groups in total. The third-order valence-electron chi connectivity index (χ3n) is 11.0. The molecule has 12 heteroatoms. The molecule has 2 saturated heterocycles. The largest absolute Gasteiger partial charge is 0.476 e. The number of carbonyl (C=O) groups excluding carboxylic acids is 4. The standard InChI is InChI=1S/C39H60N4O8/c1-9-39(10-2,28-16-20-49-21-17-28)40-33(44)26-22-27(25-41(24-26)36(47)51-37(3,4)5)34(45)43(29-12-13-29)30-14-15-32-31(23-30)42(18-11-19-48-8)35(46)38(6,7)50-32/h14-15,23,26-29H,9-13,16-22,24-25H2,1-8H3,(H,40,44)/t26-,27+/m0/s1. The summed E-state index contributed by atoms with van der Waals surface area (Å²) in [5.41, 5.74) is -0.873. The van der Waals surface area contributed by atoms with Gasteiger partial charge >= 0.3 is 6.09 Å². The number of hydrogen-bond acceptors (Lipinski definition) is 8. The number of hydrogen-bond donors (Lipinski definition) is 1. The zero-order valence-corrected chi connectivity index (χ0v) is 32.0. The highest BCUT2D eigenvalue weighted by molar-refractivity contribution is 6.04. The van der Waals surface area contributed by atoms with Crippen molar-refractivity contribution in [3.63, 3.8) is 0 Å². The van der Waals surface area contributed by atoms with Crippen LogP contribution in [0.4, 0.5) is 16.2 Å². The minimum absolute atomic E-state index is 0.0142. The Morgan fingerprint density at radius 2 is 1.69 bits per heavy atom. The Bertz CT molecular complexity index is 1430. The lowest BCUT2D eigenvalue weighted by molar-refractivity contribution is -0.133. The van der Waals surface area contributed by atoms with Crippen molar-refractivity contribution in [1.29, 1.82) is 0 Å². The molecular formula is C39H60N4O8. The van der Waals surface area contributed by atoms with Crippen molar-refractivity contribution in [3.8, 4) is 5.75 Å². The average molecular weight is 713 g/mol. The monoisotopic (exact) mass is 712 g/mol. The van der Waals surface area contributed by atoms with Crippen molar-refractivity contribution in [2.24, 2.45) is 17.8 Å². The van der Waals surface area contributed by atoms with E-state index >= 15 is 0 Å². The first-order valence-corrected chi connectivity index (χ1v) is 19.0. The van der Waals surface area contributed by atoms with Gasteiger partial charge in [0.05, 0.1) is 17.5 Å². The summed E-state index contributed by atoms with van der Waals surface area (Å²) in [4.78, 5) is 61.2. The van der Waals surface area contributed by atoms with Crippen LogP contribution in [0.3, 0.4) is 0 Å². The van der Waals surface area contributed by atoms with Crippen molar-refractivity contribution in [1.82, 2.24) is 10.2 Å². The molecule has 3 aliphatic heterocycles. The molecule has 1 aliphatic carbocycles. The van der Waals surface area contributed by atoms with E-state index in [0.29, 0.717) is 56.3 Å². The molecule has 0 bridgehead atoms. The summed E-state index contributed by atoms with van der Waals surface area (Å²) < 4.78 is 22.8. The van der Waals surface area contributed by atoms with Gasteiger partial charge in [-0.25, -0.2) is 4.79 Å². The molecule has 0 aromatic heterocycles. The Labute approximate surface area is 303 Å². The van der Waals surface area contributed by atoms with Crippen molar-refractivity contribution in [2.75, 3.05) is 56.4 Å². The molecule has 3 fully saturated rings. The maximum Gasteiger partial charge on any atom is 0.410 e. The molecular weight excluding hydrogens is 652 g/mol. The van der Waals surface area contributed by atoms with Crippen LogP contribution in [-0.4, -0.2) is 98.1 Å². The highest BCUT2D eigenvalue weighted by Crippen LogP contribution is 2.43. The maximum absolute atomic E-state index is 14.7. The van der Waals surface area contributed by atoms with Crippen LogP contribution in [0.15, 0.2) is 18.2 Å². The van der Waals surface area contributed by atoms with Crippen molar-refractivity contribution < 1.29 is 38.1 Å². The van der Waals surface area contributed by atoms with Gasteiger partial charge in [0, 0.05) is 63.8 Å². The number of nitrogens with one attached hydrogen (secondary N) is 1. The van der Waals surface area contributed by atoms with Gasteiger partial charge in [-0.05, 0) is 110 Å².